The number of aryl methyl sites for hydroxylation is 1. The Bertz CT molecular complexity index is 266. The van der Waals surface area contributed by atoms with E-state index in [9.17, 15) is 0 Å². The van der Waals surface area contributed by atoms with E-state index >= 15 is 0 Å². The molecule has 0 aliphatic carbocycles. The maximum absolute atomic E-state index is 5.82. The van der Waals surface area contributed by atoms with Crippen LogP contribution in [0.2, 0.25) is 0 Å². The molecule has 78 valence electrons. The number of aromatic nitrogens is 1. The van der Waals surface area contributed by atoms with Gasteiger partial charge in [0.1, 0.15) is 5.82 Å². The van der Waals surface area contributed by atoms with Crippen molar-refractivity contribution in [3.63, 3.8) is 0 Å². The van der Waals surface area contributed by atoms with Gasteiger partial charge in [0.15, 0.2) is 0 Å². The Morgan fingerprint density at radius 2 is 2.29 bits per heavy atom. The maximum Gasteiger partial charge on any atom is 0.126 e. The molecular weight excluding hydrogens is 192 g/mol. The van der Waals surface area contributed by atoms with Crippen LogP contribution in [-0.2, 0) is 6.42 Å². The molecule has 0 saturated heterocycles. The zero-order valence-electron chi connectivity index (χ0n) is 8.92. The van der Waals surface area contributed by atoms with E-state index in [1.807, 2.05) is 17.8 Å². The first-order valence-electron chi connectivity index (χ1n) is 5.03. The lowest BCUT2D eigenvalue weighted by molar-refractivity contribution is 0.918. The van der Waals surface area contributed by atoms with Gasteiger partial charge >= 0.3 is 0 Å². The zero-order valence-corrected chi connectivity index (χ0v) is 9.73. The molecule has 0 aliphatic rings. The average molecular weight is 210 g/mol. The molecule has 0 aromatic carbocycles. The molecule has 0 unspecified atom stereocenters. The Morgan fingerprint density at radius 1 is 1.50 bits per heavy atom. The summed E-state index contributed by atoms with van der Waals surface area (Å²) < 4.78 is 0. The van der Waals surface area contributed by atoms with Crippen LogP contribution in [0.4, 0.5) is 5.82 Å². The fraction of sp³-hybridized carbons (Fsp3) is 0.545. The van der Waals surface area contributed by atoms with Gasteiger partial charge in [-0.1, -0.05) is 6.92 Å². The zero-order chi connectivity index (χ0) is 10.4. The number of rotatable bonds is 5. The first-order chi connectivity index (χ1) is 6.75. The second-order valence-electron chi connectivity index (χ2n) is 3.29. The minimum absolute atomic E-state index is 0.700. The van der Waals surface area contributed by atoms with Crippen molar-refractivity contribution in [2.45, 2.75) is 26.7 Å². The molecular formula is C11H18N2S. The standard InChI is InChI=1S/C11H18N2S/c1-3-14-8-4-5-10-9(2)6-7-13-11(10)12/h6-7H,3-5,8H2,1-2H3,(H2,12,13). The number of nitrogens with two attached hydrogens (primary N) is 1. The molecule has 0 spiro atoms. The first kappa shape index (κ1) is 11.4. The van der Waals surface area contributed by atoms with Crippen LogP contribution in [0, 0.1) is 6.92 Å². The van der Waals surface area contributed by atoms with Gasteiger partial charge in [-0.05, 0) is 48.5 Å². The number of pyridine rings is 1. The van der Waals surface area contributed by atoms with E-state index in [-0.39, 0.29) is 0 Å². The predicted octanol–water partition coefficient (Wildman–Crippen LogP) is 2.66. The van der Waals surface area contributed by atoms with E-state index in [0.29, 0.717) is 5.82 Å². The number of thioether (sulfide) groups is 1. The predicted molar refractivity (Wildman–Crippen MR) is 64.7 cm³/mol. The third-order valence-electron chi connectivity index (χ3n) is 2.24. The lowest BCUT2D eigenvalue weighted by Gasteiger charge is -2.07. The van der Waals surface area contributed by atoms with Gasteiger partial charge in [-0.15, -0.1) is 0 Å². The summed E-state index contributed by atoms with van der Waals surface area (Å²) in [6.07, 6.45) is 4.02. The maximum atomic E-state index is 5.82. The molecule has 2 nitrogen and oxygen atoms in total. The number of anilines is 1. The van der Waals surface area contributed by atoms with Crippen LogP contribution >= 0.6 is 11.8 Å². The fourth-order valence-electron chi connectivity index (χ4n) is 1.43. The average Bonchev–Trinajstić information content (AvgIpc) is 2.16. The molecule has 3 heteroatoms. The van der Waals surface area contributed by atoms with Crippen molar-refractivity contribution in [1.82, 2.24) is 4.98 Å². The van der Waals surface area contributed by atoms with E-state index < -0.39 is 0 Å². The Balaban J connectivity index is 2.49. The second-order valence-corrected chi connectivity index (χ2v) is 4.69. The fourth-order valence-corrected chi connectivity index (χ4v) is 2.07. The van der Waals surface area contributed by atoms with Crippen LogP contribution in [-0.4, -0.2) is 16.5 Å². The minimum Gasteiger partial charge on any atom is -0.383 e. The lowest BCUT2D eigenvalue weighted by atomic mass is 10.1. The summed E-state index contributed by atoms with van der Waals surface area (Å²) in [5.74, 6) is 3.11. The molecule has 0 aliphatic heterocycles. The van der Waals surface area contributed by atoms with Crippen molar-refractivity contribution in [2.75, 3.05) is 17.2 Å². The van der Waals surface area contributed by atoms with Crippen LogP contribution < -0.4 is 5.73 Å². The smallest absolute Gasteiger partial charge is 0.126 e. The van der Waals surface area contributed by atoms with Crippen molar-refractivity contribution in [2.24, 2.45) is 0 Å². The molecule has 0 atom stereocenters. The number of hydrogen-bond acceptors (Lipinski definition) is 3. The number of hydrogen-bond donors (Lipinski definition) is 1. The molecule has 1 heterocycles. The van der Waals surface area contributed by atoms with Gasteiger partial charge in [-0.25, -0.2) is 4.98 Å². The van der Waals surface area contributed by atoms with E-state index in [4.69, 9.17) is 5.73 Å². The van der Waals surface area contributed by atoms with E-state index in [0.717, 1.165) is 6.42 Å². The minimum atomic E-state index is 0.700. The Labute approximate surface area is 90.3 Å². The largest absolute Gasteiger partial charge is 0.383 e. The third-order valence-corrected chi connectivity index (χ3v) is 3.23. The SMILES string of the molecule is CCSCCCc1c(C)ccnc1N. The summed E-state index contributed by atoms with van der Waals surface area (Å²) >= 11 is 1.98. The highest BCUT2D eigenvalue weighted by atomic mass is 32.2. The lowest BCUT2D eigenvalue weighted by Crippen LogP contribution is -2.00. The Kier molecular flexibility index (Phi) is 4.80. The quantitative estimate of drug-likeness (QED) is 0.759. The van der Waals surface area contributed by atoms with Crippen molar-refractivity contribution >= 4 is 17.6 Å². The third kappa shape index (κ3) is 3.22. The highest BCUT2D eigenvalue weighted by Crippen LogP contribution is 2.16. The van der Waals surface area contributed by atoms with Crippen molar-refractivity contribution in [3.05, 3.63) is 23.4 Å². The molecule has 1 rings (SSSR count). The van der Waals surface area contributed by atoms with Crippen molar-refractivity contribution < 1.29 is 0 Å². The van der Waals surface area contributed by atoms with Gasteiger partial charge < -0.3 is 5.73 Å². The Hall–Kier alpha value is -0.700. The summed E-state index contributed by atoms with van der Waals surface area (Å²) in [6, 6.07) is 2.03. The van der Waals surface area contributed by atoms with Gasteiger partial charge in [-0.3, -0.25) is 0 Å². The molecule has 0 radical (unpaired) electrons. The monoisotopic (exact) mass is 210 g/mol. The van der Waals surface area contributed by atoms with Gasteiger partial charge in [0.05, 0.1) is 0 Å². The highest BCUT2D eigenvalue weighted by Gasteiger charge is 2.02. The van der Waals surface area contributed by atoms with Gasteiger partial charge in [0, 0.05) is 6.20 Å². The van der Waals surface area contributed by atoms with Gasteiger partial charge in [0.25, 0.3) is 0 Å². The topological polar surface area (TPSA) is 38.9 Å². The molecule has 0 amide bonds. The van der Waals surface area contributed by atoms with E-state index in [2.05, 4.69) is 18.8 Å². The van der Waals surface area contributed by atoms with E-state index in [1.165, 1.54) is 29.1 Å². The van der Waals surface area contributed by atoms with E-state index in [1.54, 1.807) is 6.20 Å². The summed E-state index contributed by atoms with van der Waals surface area (Å²) in [4.78, 5) is 4.11. The summed E-state index contributed by atoms with van der Waals surface area (Å²) in [7, 11) is 0. The summed E-state index contributed by atoms with van der Waals surface area (Å²) in [5, 5.41) is 0. The highest BCUT2D eigenvalue weighted by molar-refractivity contribution is 7.99. The van der Waals surface area contributed by atoms with Crippen LogP contribution in [0.15, 0.2) is 12.3 Å². The molecule has 0 bridgehead atoms. The molecule has 0 fully saturated rings. The second kappa shape index (κ2) is 5.91. The van der Waals surface area contributed by atoms with Crippen LogP contribution in [0.1, 0.15) is 24.5 Å². The van der Waals surface area contributed by atoms with Crippen LogP contribution in [0.5, 0.6) is 0 Å². The summed E-state index contributed by atoms with van der Waals surface area (Å²) in [5.41, 5.74) is 8.31. The first-order valence-corrected chi connectivity index (χ1v) is 6.19. The van der Waals surface area contributed by atoms with Crippen molar-refractivity contribution in [1.29, 1.82) is 0 Å². The van der Waals surface area contributed by atoms with Gasteiger partial charge in [0.2, 0.25) is 0 Å². The number of nitrogen functional groups attached to an aromatic ring is 1. The molecule has 14 heavy (non-hydrogen) atoms. The Morgan fingerprint density at radius 3 is 2.93 bits per heavy atom. The molecule has 1 aromatic rings. The van der Waals surface area contributed by atoms with Crippen LogP contribution in [0.25, 0.3) is 0 Å². The molecule has 2 N–H and O–H groups in total. The van der Waals surface area contributed by atoms with Crippen molar-refractivity contribution in [3.8, 4) is 0 Å². The number of nitrogens with zero attached hydrogens (tertiary/aromatic N) is 1. The summed E-state index contributed by atoms with van der Waals surface area (Å²) in [6.45, 7) is 4.29. The molecule has 1 aromatic heterocycles. The normalized spacial score (nSPS) is 10.4. The molecule has 0 saturated carbocycles. The van der Waals surface area contributed by atoms with Crippen LogP contribution in [0.3, 0.4) is 0 Å². The van der Waals surface area contributed by atoms with Gasteiger partial charge in [-0.2, -0.15) is 11.8 Å².